The molecule has 12 heteroatoms. The van der Waals surface area contributed by atoms with E-state index in [2.05, 4.69) is 33.2 Å². The molecule has 2 aliphatic rings. The first-order chi connectivity index (χ1) is 19.7. The zero-order chi connectivity index (χ0) is 28.3. The Kier molecular flexibility index (Phi) is 16.4. The topological polar surface area (TPSA) is 129 Å². The molecule has 1 aromatic heterocycles. The second-order valence-electron chi connectivity index (χ2n) is 10.5. The molecule has 0 spiro atoms. The van der Waals surface area contributed by atoms with Gasteiger partial charge in [0.25, 0.3) is 0 Å². The van der Waals surface area contributed by atoms with Gasteiger partial charge >= 0.3 is 6.03 Å². The lowest BCUT2D eigenvalue weighted by Gasteiger charge is -2.16. The van der Waals surface area contributed by atoms with E-state index in [-0.39, 0.29) is 24.0 Å². The van der Waals surface area contributed by atoms with Crippen molar-refractivity contribution in [2.24, 2.45) is 0 Å². The molecule has 0 aliphatic carbocycles. The predicted octanol–water partition coefficient (Wildman–Crippen LogP) is 3.07. The summed E-state index contributed by atoms with van der Waals surface area (Å²) in [5, 5.41) is 17.8. The highest BCUT2D eigenvalue weighted by Crippen LogP contribution is 2.33. The molecule has 0 aromatic carbocycles. The molecule has 3 amide bonds. The highest BCUT2D eigenvalue weighted by Gasteiger charge is 2.42. The molecule has 2 aliphatic heterocycles. The number of hydrogen-bond acceptors (Lipinski definition) is 8. The highest BCUT2D eigenvalue weighted by molar-refractivity contribution is 8.00. The molecular formula is C28H50N6O5S. The summed E-state index contributed by atoms with van der Waals surface area (Å²) in [6, 6.07) is 0.442. The van der Waals surface area contributed by atoms with Crippen molar-refractivity contribution >= 4 is 23.7 Å². The van der Waals surface area contributed by atoms with Gasteiger partial charge in [-0.3, -0.25) is 4.79 Å². The summed E-state index contributed by atoms with van der Waals surface area (Å²) in [7, 11) is 0. The van der Waals surface area contributed by atoms with Gasteiger partial charge in [-0.05, 0) is 25.7 Å². The van der Waals surface area contributed by atoms with Gasteiger partial charge in [0.2, 0.25) is 5.91 Å². The lowest BCUT2D eigenvalue weighted by Crippen LogP contribution is -2.36. The molecule has 0 radical (unpaired) electrons. The quantitative estimate of drug-likeness (QED) is 0.125. The second kappa shape index (κ2) is 20.1. The fraction of sp³-hybridized carbons (Fsp3) is 0.857. The van der Waals surface area contributed by atoms with E-state index in [0.29, 0.717) is 64.4 Å². The number of carbonyl (C=O) groups is 2. The van der Waals surface area contributed by atoms with Crippen molar-refractivity contribution in [1.29, 1.82) is 0 Å². The Morgan fingerprint density at radius 3 is 2.58 bits per heavy atom. The second-order valence-corrected chi connectivity index (χ2v) is 11.8. The first kappa shape index (κ1) is 32.6. The van der Waals surface area contributed by atoms with Gasteiger partial charge in [-0.25, -0.2) is 9.48 Å². The number of urea groups is 1. The van der Waals surface area contributed by atoms with E-state index in [1.54, 1.807) is 0 Å². The summed E-state index contributed by atoms with van der Waals surface area (Å²) >= 11 is 1.91. The maximum Gasteiger partial charge on any atom is 0.315 e. The standard InChI is InChI=1S/C28H50N6O5S/c1-2-3-4-5-6-7-10-23-21-34(33-32-23)14-16-38-18-20-39-19-17-37-15-13-29-26(35)12-9-8-11-25-27-24(22-40-25)30-28(36)31-27/h21,24-25,27H,2-20,22H2,1H3,(H,29,35)(H2,30,31,36)/t24-,25-,27-/m1/s1. The minimum Gasteiger partial charge on any atom is -0.377 e. The molecule has 2 fully saturated rings. The van der Waals surface area contributed by atoms with Crippen molar-refractivity contribution in [3.63, 3.8) is 0 Å². The average molecular weight is 583 g/mol. The van der Waals surface area contributed by atoms with Gasteiger partial charge in [0.05, 0.1) is 64.0 Å². The molecular weight excluding hydrogens is 532 g/mol. The van der Waals surface area contributed by atoms with Crippen LogP contribution in [0.25, 0.3) is 0 Å². The Morgan fingerprint density at radius 2 is 1.75 bits per heavy atom. The van der Waals surface area contributed by atoms with Crippen LogP contribution in [0.5, 0.6) is 0 Å². The monoisotopic (exact) mass is 582 g/mol. The number of aryl methyl sites for hydroxylation is 1. The summed E-state index contributed by atoms with van der Waals surface area (Å²) in [5.74, 6) is 1.03. The van der Waals surface area contributed by atoms with Crippen LogP contribution in [-0.2, 0) is 32.0 Å². The summed E-state index contributed by atoms with van der Waals surface area (Å²) in [6.07, 6.45) is 14.1. The minimum absolute atomic E-state index is 0.0511. The number of fused-ring (bicyclic) bond motifs is 1. The molecule has 228 valence electrons. The summed E-state index contributed by atoms with van der Waals surface area (Å²) in [5.41, 5.74) is 1.06. The van der Waals surface area contributed by atoms with E-state index in [9.17, 15) is 9.59 Å². The molecule has 0 bridgehead atoms. The van der Waals surface area contributed by atoms with Crippen LogP contribution >= 0.6 is 11.8 Å². The molecule has 2 saturated heterocycles. The number of amides is 3. The number of hydrogen-bond donors (Lipinski definition) is 3. The van der Waals surface area contributed by atoms with Crippen molar-refractivity contribution in [3.8, 4) is 0 Å². The van der Waals surface area contributed by atoms with Crippen LogP contribution in [0.2, 0.25) is 0 Å². The predicted molar refractivity (Wildman–Crippen MR) is 157 cm³/mol. The van der Waals surface area contributed by atoms with E-state index in [1.165, 1.54) is 38.5 Å². The summed E-state index contributed by atoms with van der Waals surface area (Å²) < 4.78 is 18.5. The number of rotatable bonds is 24. The van der Waals surface area contributed by atoms with E-state index in [1.807, 2.05) is 22.6 Å². The number of aromatic nitrogens is 3. The van der Waals surface area contributed by atoms with Crippen LogP contribution in [0.1, 0.15) is 76.8 Å². The molecule has 0 saturated carbocycles. The van der Waals surface area contributed by atoms with Gasteiger partial charge in [-0.15, -0.1) is 5.10 Å². The third-order valence-electron chi connectivity index (χ3n) is 7.23. The van der Waals surface area contributed by atoms with Crippen LogP contribution in [0.3, 0.4) is 0 Å². The maximum absolute atomic E-state index is 12.0. The van der Waals surface area contributed by atoms with Gasteiger partial charge in [-0.2, -0.15) is 11.8 Å². The number of nitrogens with one attached hydrogen (secondary N) is 3. The number of thioether (sulfide) groups is 1. The molecule has 3 heterocycles. The van der Waals surface area contributed by atoms with Gasteiger partial charge in [0, 0.05) is 30.2 Å². The lowest BCUT2D eigenvalue weighted by molar-refractivity contribution is -0.121. The van der Waals surface area contributed by atoms with Crippen LogP contribution in [0, 0.1) is 0 Å². The van der Waals surface area contributed by atoms with Gasteiger partial charge in [0.1, 0.15) is 0 Å². The molecule has 0 unspecified atom stereocenters. The minimum atomic E-state index is -0.0511. The molecule has 1 aromatic rings. The van der Waals surface area contributed by atoms with Crippen molar-refractivity contribution < 1.29 is 23.8 Å². The third kappa shape index (κ3) is 13.2. The molecule has 3 rings (SSSR count). The van der Waals surface area contributed by atoms with Gasteiger partial charge in [-0.1, -0.05) is 50.7 Å². The largest absolute Gasteiger partial charge is 0.377 e. The van der Waals surface area contributed by atoms with Gasteiger partial charge in [0.15, 0.2) is 0 Å². The van der Waals surface area contributed by atoms with Crippen LogP contribution in [0.4, 0.5) is 4.79 Å². The van der Waals surface area contributed by atoms with Crippen LogP contribution in [-0.4, -0.2) is 96.2 Å². The summed E-state index contributed by atoms with van der Waals surface area (Å²) in [4.78, 5) is 23.5. The van der Waals surface area contributed by atoms with Crippen molar-refractivity contribution in [2.75, 3.05) is 51.9 Å². The van der Waals surface area contributed by atoms with E-state index in [0.717, 1.165) is 37.1 Å². The smallest absolute Gasteiger partial charge is 0.315 e. The number of carbonyl (C=O) groups excluding carboxylic acids is 2. The zero-order valence-corrected chi connectivity index (χ0v) is 25.1. The zero-order valence-electron chi connectivity index (χ0n) is 24.2. The molecule has 40 heavy (non-hydrogen) atoms. The highest BCUT2D eigenvalue weighted by atomic mass is 32.2. The summed E-state index contributed by atoms with van der Waals surface area (Å²) in [6.45, 7) is 6.52. The Balaban J connectivity index is 1.03. The lowest BCUT2D eigenvalue weighted by atomic mass is 10.0. The van der Waals surface area contributed by atoms with Gasteiger partial charge < -0.3 is 30.2 Å². The Bertz CT molecular complexity index is 844. The van der Waals surface area contributed by atoms with E-state index >= 15 is 0 Å². The normalized spacial score (nSPS) is 19.9. The Hall–Kier alpha value is -1.89. The number of nitrogens with zero attached hydrogens (tertiary/aromatic N) is 3. The Labute approximate surface area is 243 Å². The molecule has 3 atom stereocenters. The first-order valence-corrected chi connectivity index (χ1v) is 16.3. The van der Waals surface area contributed by atoms with Crippen molar-refractivity contribution in [3.05, 3.63) is 11.9 Å². The van der Waals surface area contributed by atoms with E-state index in [4.69, 9.17) is 14.2 Å². The average Bonchev–Trinajstić information content (AvgIpc) is 3.65. The Morgan fingerprint density at radius 1 is 1.00 bits per heavy atom. The third-order valence-corrected chi connectivity index (χ3v) is 8.74. The first-order valence-electron chi connectivity index (χ1n) is 15.2. The number of ether oxygens (including phenoxy) is 3. The van der Waals surface area contributed by atoms with E-state index < -0.39 is 0 Å². The fourth-order valence-corrected chi connectivity index (χ4v) is 6.52. The van der Waals surface area contributed by atoms with Crippen molar-refractivity contribution in [2.45, 2.75) is 101 Å². The van der Waals surface area contributed by atoms with Crippen molar-refractivity contribution in [1.82, 2.24) is 30.9 Å². The maximum atomic E-state index is 12.0. The fourth-order valence-electron chi connectivity index (χ4n) is 4.97. The van der Waals surface area contributed by atoms with Crippen LogP contribution in [0.15, 0.2) is 6.20 Å². The SMILES string of the molecule is CCCCCCCCc1cn(CCOCCOCCOCCNC(=O)CCCC[C@H]2SC[C@H]3NC(=O)N[C@H]32)nn1. The molecule has 11 nitrogen and oxygen atoms in total. The number of unbranched alkanes of at least 4 members (excludes halogenated alkanes) is 6. The van der Waals surface area contributed by atoms with Crippen LogP contribution < -0.4 is 16.0 Å². The molecule has 3 N–H and O–H groups in total.